The first-order valence-corrected chi connectivity index (χ1v) is 21.0. The van der Waals surface area contributed by atoms with Crippen LogP contribution < -0.4 is 18.9 Å². The largest absolute Gasteiger partial charge is 0.493 e. The number of carbonyl (C=O) groups is 2. The van der Waals surface area contributed by atoms with Crippen LogP contribution in [0.5, 0.6) is 23.7 Å². The van der Waals surface area contributed by atoms with Gasteiger partial charge in [-0.3, -0.25) is 9.59 Å². The van der Waals surface area contributed by atoms with Crippen LogP contribution in [-0.4, -0.2) is 35.1 Å². The van der Waals surface area contributed by atoms with Crippen LogP contribution in [0.15, 0.2) is 45.2 Å². The first-order chi connectivity index (χ1) is 26.5. The Morgan fingerprint density at radius 3 is 1.20 bits per heavy atom. The van der Waals surface area contributed by atoms with Crippen molar-refractivity contribution in [1.82, 2.24) is 9.97 Å². The van der Waals surface area contributed by atoms with Gasteiger partial charge in [0.1, 0.15) is 22.5 Å². The smallest absolute Gasteiger partial charge is 0.402 e. The van der Waals surface area contributed by atoms with Gasteiger partial charge in [0.2, 0.25) is 0 Å². The van der Waals surface area contributed by atoms with Crippen molar-refractivity contribution in [2.75, 3.05) is 13.2 Å². The second-order valence-corrected chi connectivity index (χ2v) is 14.4. The van der Waals surface area contributed by atoms with Crippen molar-refractivity contribution < 1.29 is 37.4 Å². The van der Waals surface area contributed by atoms with Gasteiger partial charge in [-0.15, -0.1) is 0 Å². The quantitative estimate of drug-likeness (QED) is 0.0363. The van der Waals surface area contributed by atoms with E-state index < -0.39 is 11.9 Å². The van der Waals surface area contributed by atoms with Gasteiger partial charge in [-0.05, 0) is 49.9 Å². The number of unbranched alkanes of at least 4 members (excludes halogenated alkanes) is 19. The van der Waals surface area contributed by atoms with Crippen molar-refractivity contribution in [2.45, 2.75) is 168 Å². The van der Waals surface area contributed by atoms with Crippen molar-refractivity contribution in [3.8, 4) is 23.7 Å². The molecule has 10 nitrogen and oxygen atoms in total. The lowest BCUT2D eigenvalue weighted by Crippen LogP contribution is -2.10. The van der Waals surface area contributed by atoms with Crippen LogP contribution in [0.25, 0.3) is 22.2 Å². The minimum Gasteiger partial charge on any atom is -0.493 e. The van der Waals surface area contributed by atoms with Crippen LogP contribution in [-0.2, 0) is 9.59 Å². The Morgan fingerprint density at radius 2 is 0.833 bits per heavy atom. The Hall–Kier alpha value is -4.08. The van der Waals surface area contributed by atoms with Crippen LogP contribution >= 0.6 is 0 Å². The molecule has 298 valence electrons. The zero-order valence-corrected chi connectivity index (χ0v) is 33.0. The molecule has 0 bridgehead atoms. The summed E-state index contributed by atoms with van der Waals surface area (Å²) >= 11 is 0. The third-order valence-corrected chi connectivity index (χ3v) is 9.63. The summed E-state index contributed by atoms with van der Waals surface area (Å²) < 4.78 is 33.7. The SMILES string of the molecule is CCCCCCCCCCCCOc1ccc2nc(OC(=O)CCCCC(=O)Oc3nc4ccc(OCCCCCCCCCCCC)cc4o3)oc2c1. The van der Waals surface area contributed by atoms with E-state index in [1.165, 1.54) is 103 Å². The maximum absolute atomic E-state index is 12.4. The van der Waals surface area contributed by atoms with Gasteiger partial charge in [0, 0.05) is 25.0 Å². The summed E-state index contributed by atoms with van der Waals surface area (Å²) in [6.45, 7) is 5.80. The number of hydrogen-bond donors (Lipinski definition) is 0. The van der Waals surface area contributed by atoms with Crippen molar-refractivity contribution in [3.63, 3.8) is 0 Å². The third-order valence-electron chi connectivity index (χ3n) is 9.63. The number of ether oxygens (including phenoxy) is 4. The topological polar surface area (TPSA) is 123 Å². The summed E-state index contributed by atoms with van der Waals surface area (Å²) in [5, 5.41) is 0. The average Bonchev–Trinajstić information content (AvgIpc) is 3.76. The highest BCUT2D eigenvalue weighted by Crippen LogP contribution is 2.27. The van der Waals surface area contributed by atoms with E-state index in [1.807, 2.05) is 12.1 Å². The maximum Gasteiger partial charge on any atom is 0.402 e. The fourth-order valence-corrected chi connectivity index (χ4v) is 6.43. The molecule has 4 rings (SSSR count). The predicted molar refractivity (Wildman–Crippen MR) is 212 cm³/mol. The fourth-order valence-electron chi connectivity index (χ4n) is 6.43. The highest BCUT2D eigenvalue weighted by Gasteiger charge is 2.15. The highest BCUT2D eigenvalue weighted by atomic mass is 16.6. The van der Waals surface area contributed by atoms with Gasteiger partial charge in [-0.1, -0.05) is 129 Å². The summed E-state index contributed by atoms with van der Waals surface area (Å²) in [4.78, 5) is 33.4. The summed E-state index contributed by atoms with van der Waals surface area (Å²) in [6.07, 6.45) is 26.4. The number of benzene rings is 2. The van der Waals surface area contributed by atoms with Crippen molar-refractivity contribution in [3.05, 3.63) is 36.4 Å². The number of aromatic nitrogens is 2. The molecule has 0 amide bonds. The first kappa shape index (κ1) is 42.7. The molecule has 0 fully saturated rings. The summed E-state index contributed by atoms with van der Waals surface area (Å²) in [5.41, 5.74) is 2.15. The van der Waals surface area contributed by atoms with E-state index in [2.05, 4.69) is 23.8 Å². The van der Waals surface area contributed by atoms with Gasteiger partial charge in [0.15, 0.2) is 11.2 Å². The Balaban J connectivity index is 1.04. The lowest BCUT2D eigenvalue weighted by atomic mass is 10.1. The van der Waals surface area contributed by atoms with E-state index in [-0.39, 0.29) is 25.0 Å². The van der Waals surface area contributed by atoms with Crippen molar-refractivity contribution in [2.24, 2.45) is 0 Å². The molecular weight excluding hydrogens is 684 g/mol. The number of fused-ring (bicyclic) bond motifs is 2. The van der Waals surface area contributed by atoms with Gasteiger partial charge < -0.3 is 27.8 Å². The molecule has 0 unspecified atom stereocenters. The molecule has 10 heteroatoms. The maximum atomic E-state index is 12.4. The van der Waals surface area contributed by atoms with Crippen molar-refractivity contribution in [1.29, 1.82) is 0 Å². The summed E-state index contributed by atoms with van der Waals surface area (Å²) in [5.74, 6) is 0.423. The van der Waals surface area contributed by atoms with Gasteiger partial charge in [0.05, 0.1) is 13.2 Å². The highest BCUT2D eigenvalue weighted by molar-refractivity contribution is 5.78. The average molecular weight is 749 g/mol. The van der Waals surface area contributed by atoms with Crippen LogP contribution in [0.1, 0.15) is 168 Å². The van der Waals surface area contributed by atoms with Gasteiger partial charge in [-0.25, -0.2) is 0 Å². The molecule has 0 saturated heterocycles. The molecule has 0 atom stereocenters. The minimum absolute atomic E-state index is 0.101. The number of oxazole rings is 2. The van der Waals surface area contributed by atoms with Crippen LogP contribution in [0.2, 0.25) is 0 Å². The van der Waals surface area contributed by atoms with Crippen LogP contribution in [0, 0.1) is 0 Å². The minimum atomic E-state index is -0.488. The standard InChI is InChI=1S/C44H64N2O8/c1-3-5-7-9-11-13-15-17-19-23-31-49-35-27-29-37-39(33-35)51-43(45-37)53-41(47)25-21-22-26-42(48)54-44-46-38-30-28-36(34-40(38)52-44)50-32-24-20-18-16-14-12-10-8-6-4-2/h27-30,33-34H,3-26,31-32H2,1-2H3. The molecule has 0 aliphatic carbocycles. The summed E-state index contributed by atoms with van der Waals surface area (Å²) in [7, 11) is 0. The second-order valence-electron chi connectivity index (χ2n) is 14.4. The van der Waals surface area contributed by atoms with Gasteiger partial charge >= 0.3 is 24.1 Å². The fraction of sp³-hybridized carbons (Fsp3) is 0.636. The van der Waals surface area contributed by atoms with E-state index in [9.17, 15) is 9.59 Å². The zero-order valence-electron chi connectivity index (χ0n) is 33.0. The van der Waals surface area contributed by atoms with E-state index in [0.717, 1.165) is 25.7 Å². The molecular formula is C44H64N2O8. The number of nitrogens with zero attached hydrogens (tertiary/aromatic N) is 2. The number of esters is 2. The number of carbonyl (C=O) groups excluding carboxylic acids is 2. The first-order valence-electron chi connectivity index (χ1n) is 21.0. The number of rotatable bonds is 31. The molecule has 2 aromatic heterocycles. The molecule has 0 aliphatic heterocycles. The number of hydrogen-bond acceptors (Lipinski definition) is 10. The van der Waals surface area contributed by atoms with E-state index >= 15 is 0 Å². The van der Waals surface area contributed by atoms with E-state index in [4.69, 9.17) is 27.8 Å². The molecule has 2 heterocycles. The Morgan fingerprint density at radius 1 is 0.481 bits per heavy atom. The molecule has 54 heavy (non-hydrogen) atoms. The van der Waals surface area contributed by atoms with Gasteiger partial charge in [0.25, 0.3) is 0 Å². The zero-order chi connectivity index (χ0) is 38.1. The lowest BCUT2D eigenvalue weighted by Gasteiger charge is -2.06. The molecule has 2 aromatic carbocycles. The molecule has 0 spiro atoms. The van der Waals surface area contributed by atoms with Gasteiger partial charge in [-0.2, -0.15) is 9.97 Å². The lowest BCUT2D eigenvalue weighted by molar-refractivity contribution is -0.138. The second kappa shape index (κ2) is 25.9. The molecule has 0 N–H and O–H groups in total. The van der Waals surface area contributed by atoms with Crippen LogP contribution in [0.3, 0.4) is 0 Å². The molecule has 4 aromatic rings. The third kappa shape index (κ3) is 16.9. The van der Waals surface area contributed by atoms with Crippen LogP contribution in [0.4, 0.5) is 0 Å². The Labute approximate surface area is 322 Å². The molecule has 0 radical (unpaired) electrons. The molecule has 0 saturated carbocycles. The Kier molecular flexibility index (Phi) is 20.4. The van der Waals surface area contributed by atoms with Crippen molar-refractivity contribution >= 4 is 34.1 Å². The normalized spacial score (nSPS) is 11.4. The monoisotopic (exact) mass is 748 g/mol. The summed E-state index contributed by atoms with van der Waals surface area (Å²) in [6, 6.07) is 10.8. The molecule has 0 aliphatic rings. The predicted octanol–water partition coefficient (Wildman–Crippen LogP) is 12.6. The van der Waals surface area contributed by atoms with E-state index in [0.29, 0.717) is 59.8 Å². The van der Waals surface area contributed by atoms with E-state index in [1.54, 1.807) is 24.3 Å². The Bertz CT molecular complexity index is 1510.